The van der Waals surface area contributed by atoms with Crippen molar-refractivity contribution in [2.75, 3.05) is 19.6 Å². The first-order chi connectivity index (χ1) is 11.7. The second kappa shape index (κ2) is 7.95. The minimum absolute atomic E-state index is 0.178. The van der Waals surface area contributed by atoms with Crippen molar-refractivity contribution in [2.24, 2.45) is 0 Å². The lowest BCUT2D eigenvalue weighted by atomic mass is 10.0. The minimum Gasteiger partial charge on any atom is -0.325 e. The van der Waals surface area contributed by atoms with Crippen LogP contribution in [-0.4, -0.2) is 35.5 Å². The van der Waals surface area contributed by atoms with Crippen molar-refractivity contribution >= 4 is 6.03 Å². The molecule has 0 unspecified atom stereocenters. The fourth-order valence-corrected chi connectivity index (χ4v) is 3.18. The Morgan fingerprint density at radius 3 is 2.04 bits per heavy atom. The van der Waals surface area contributed by atoms with E-state index in [2.05, 4.69) is 24.3 Å². The van der Waals surface area contributed by atoms with Crippen LogP contribution < -0.4 is 0 Å². The summed E-state index contributed by atoms with van der Waals surface area (Å²) in [7, 11) is 0. The van der Waals surface area contributed by atoms with Gasteiger partial charge in [-0.05, 0) is 42.5 Å². The van der Waals surface area contributed by atoms with Crippen molar-refractivity contribution in [3.63, 3.8) is 0 Å². The number of rotatable bonds is 0. The van der Waals surface area contributed by atoms with Crippen LogP contribution in [-0.2, 0) is 13.0 Å². The molecule has 0 atom stereocenters. The van der Waals surface area contributed by atoms with Crippen LogP contribution in [0.25, 0.3) is 0 Å². The van der Waals surface area contributed by atoms with Gasteiger partial charge in [0.05, 0.1) is 0 Å². The molecule has 4 rings (SSSR count). The van der Waals surface area contributed by atoms with Crippen molar-refractivity contribution < 1.29 is 9.18 Å². The normalized spacial score (nSPS) is 16.2. The van der Waals surface area contributed by atoms with E-state index in [1.165, 1.54) is 23.3 Å². The third-order valence-corrected chi connectivity index (χ3v) is 4.51. The maximum atomic E-state index is 12.3. The highest BCUT2D eigenvalue weighted by molar-refractivity contribution is 5.75. The van der Waals surface area contributed by atoms with E-state index in [0.717, 1.165) is 45.4 Å². The Morgan fingerprint density at radius 1 is 0.792 bits per heavy atom. The molecule has 0 radical (unpaired) electrons. The summed E-state index contributed by atoms with van der Waals surface area (Å²) in [4.78, 5) is 16.2. The first kappa shape index (κ1) is 16.5. The number of carbonyl (C=O) groups is 1. The molecule has 0 aliphatic carbocycles. The lowest BCUT2D eigenvalue weighted by Gasteiger charge is -2.32. The van der Waals surface area contributed by atoms with E-state index in [9.17, 15) is 9.18 Å². The highest BCUT2D eigenvalue weighted by atomic mass is 19.1. The van der Waals surface area contributed by atoms with Crippen LogP contribution >= 0.6 is 0 Å². The van der Waals surface area contributed by atoms with Gasteiger partial charge in [-0.1, -0.05) is 42.5 Å². The SMILES string of the molecule is Fc1ccccc1.O=C(N1CCCC1)N1CCc2ccccc2C1. The smallest absolute Gasteiger partial charge is 0.320 e. The second-order valence-electron chi connectivity index (χ2n) is 6.21. The van der Waals surface area contributed by atoms with Crippen LogP contribution in [0.15, 0.2) is 54.6 Å². The molecule has 0 bridgehead atoms. The average molecular weight is 326 g/mol. The molecule has 3 nitrogen and oxygen atoms in total. The minimum atomic E-state index is -0.178. The van der Waals surface area contributed by atoms with Crippen LogP contribution in [0.3, 0.4) is 0 Å². The molecule has 2 aliphatic rings. The Balaban J connectivity index is 0.000000203. The van der Waals surface area contributed by atoms with Gasteiger partial charge in [0.1, 0.15) is 5.82 Å². The predicted molar refractivity (Wildman–Crippen MR) is 93.2 cm³/mol. The molecule has 2 amide bonds. The number of hydrogen-bond donors (Lipinski definition) is 0. The fourth-order valence-electron chi connectivity index (χ4n) is 3.18. The van der Waals surface area contributed by atoms with E-state index >= 15 is 0 Å². The number of nitrogens with zero attached hydrogens (tertiary/aromatic N) is 2. The molecule has 2 aromatic carbocycles. The molecule has 2 heterocycles. The third-order valence-electron chi connectivity index (χ3n) is 4.51. The molecule has 1 saturated heterocycles. The van der Waals surface area contributed by atoms with Crippen LogP contribution in [0.1, 0.15) is 24.0 Å². The van der Waals surface area contributed by atoms with Gasteiger partial charge in [0, 0.05) is 26.2 Å². The Bertz CT molecular complexity index is 668. The predicted octanol–water partition coefficient (Wildman–Crippen LogP) is 4.09. The quantitative estimate of drug-likeness (QED) is 0.715. The van der Waals surface area contributed by atoms with E-state index in [-0.39, 0.29) is 11.8 Å². The number of benzene rings is 2. The highest BCUT2D eigenvalue weighted by Crippen LogP contribution is 2.20. The van der Waals surface area contributed by atoms with Gasteiger partial charge in [-0.25, -0.2) is 9.18 Å². The highest BCUT2D eigenvalue weighted by Gasteiger charge is 2.26. The first-order valence-electron chi connectivity index (χ1n) is 8.55. The monoisotopic (exact) mass is 326 g/mol. The lowest BCUT2D eigenvalue weighted by molar-refractivity contribution is 0.157. The van der Waals surface area contributed by atoms with Gasteiger partial charge in [0.15, 0.2) is 0 Å². The summed E-state index contributed by atoms with van der Waals surface area (Å²) in [6, 6.07) is 16.6. The Labute approximate surface area is 142 Å². The Kier molecular flexibility index (Phi) is 5.47. The summed E-state index contributed by atoms with van der Waals surface area (Å²) in [5.74, 6) is -0.178. The summed E-state index contributed by atoms with van der Waals surface area (Å²) in [5, 5.41) is 0. The van der Waals surface area contributed by atoms with E-state index < -0.39 is 0 Å². The number of carbonyl (C=O) groups excluding carboxylic acids is 1. The molecule has 0 aromatic heterocycles. The first-order valence-corrected chi connectivity index (χ1v) is 8.55. The van der Waals surface area contributed by atoms with E-state index in [1.54, 1.807) is 18.2 Å². The number of amides is 2. The zero-order valence-corrected chi connectivity index (χ0v) is 13.8. The molecule has 24 heavy (non-hydrogen) atoms. The van der Waals surface area contributed by atoms with Crippen molar-refractivity contribution in [1.82, 2.24) is 9.80 Å². The molecule has 2 aliphatic heterocycles. The summed E-state index contributed by atoms with van der Waals surface area (Å²) >= 11 is 0. The average Bonchev–Trinajstić information content (AvgIpc) is 3.16. The maximum absolute atomic E-state index is 12.3. The summed E-state index contributed by atoms with van der Waals surface area (Å²) in [5.41, 5.74) is 2.71. The zero-order valence-electron chi connectivity index (χ0n) is 13.8. The zero-order chi connectivity index (χ0) is 16.8. The van der Waals surface area contributed by atoms with Crippen LogP contribution in [0.5, 0.6) is 0 Å². The number of hydrogen-bond acceptors (Lipinski definition) is 1. The molecule has 4 heteroatoms. The molecule has 2 aromatic rings. The Hall–Kier alpha value is -2.36. The molecule has 0 N–H and O–H groups in total. The van der Waals surface area contributed by atoms with Gasteiger partial charge in [0.2, 0.25) is 0 Å². The summed E-state index contributed by atoms with van der Waals surface area (Å²) < 4.78 is 11.9. The van der Waals surface area contributed by atoms with Gasteiger partial charge in [-0.15, -0.1) is 0 Å². The molecule has 0 spiro atoms. The van der Waals surface area contributed by atoms with Crippen molar-refractivity contribution in [3.05, 3.63) is 71.5 Å². The second-order valence-corrected chi connectivity index (χ2v) is 6.21. The number of urea groups is 1. The number of likely N-dealkylation sites (tertiary alicyclic amines) is 1. The number of halogens is 1. The number of fused-ring (bicyclic) bond motifs is 1. The Morgan fingerprint density at radius 2 is 1.42 bits per heavy atom. The van der Waals surface area contributed by atoms with Gasteiger partial charge < -0.3 is 9.80 Å². The van der Waals surface area contributed by atoms with Crippen LogP contribution in [0.4, 0.5) is 9.18 Å². The third kappa shape index (κ3) is 4.13. The topological polar surface area (TPSA) is 23.6 Å². The van der Waals surface area contributed by atoms with Gasteiger partial charge in [-0.2, -0.15) is 0 Å². The maximum Gasteiger partial charge on any atom is 0.320 e. The van der Waals surface area contributed by atoms with Crippen LogP contribution in [0, 0.1) is 5.82 Å². The standard InChI is InChI=1S/C14H18N2O.C6H5F/c17-14(15-8-3-4-9-15)16-10-7-12-5-1-2-6-13(12)11-16;7-6-4-2-1-3-5-6/h1-2,5-6H,3-4,7-11H2;1-5H. The molecule has 0 saturated carbocycles. The van der Waals surface area contributed by atoms with Crippen LogP contribution in [0.2, 0.25) is 0 Å². The van der Waals surface area contributed by atoms with Crippen molar-refractivity contribution in [1.29, 1.82) is 0 Å². The van der Waals surface area contributed by atoms with E-state index in [4.69, 9.17) is 0 Å². The fraction of sp³-hybridized carbons (Fsp3) is 0.350. The van der Waals surface area contributed by atoms with Crippen molar-refractivity contribution in [2.45, 2.75) is 25.8 Å². The summed E-state index contributed by atoms with van der Waals surface area (Å²) in [6.45, 7) is 3.53. The van der Waals surface area contributed by atoms with E-state index in [0.29, 0.717) is 0 Å². The van der Waals surface area contributed by atoms with Gasteiger partial charge >= 0.3 is 6.03 Å². The molecule has 126 valence electrons. The van der Waals surface area contributed by atoms with Crippen molar-refractivity contribution in [3.8, 4) is 0 Å². The van der Waals surface area contributed by atoms with E-state index in [1.807, 2.05) is 9.80 Å². The lowest BCUT2D eigenvalue weighted by Crippen LogP contribution is -2.44. The van der Waals surface area contributed by atoms with Gasteiger partial charge in [-0.3, -0.25) is 0 Å². The molecular weight excluding hydrogens is 303 g/mol. The molecular formula is C20H23FN2O. The largest absolute Gasteiger partial charge is 0.325 e. The molecule has 1 fully saturated rings. The summed E-state index contributed by atoms with van der Waals surface area (Å²) in [6.07, 6.45) is 3.32. The van der Waals surface area contributed by atoms with Gasteiger partial charge in [0.25, 0.3) is 0 Å².